The average molecular weight is 905 g/mol. The van der Waals surface area contributed by atoms with Crippen LogP contribution < -0.4 is 14.2 Å². The Hall–Kier alpha value is -6.25. The molecule has 1 fully saturated rings. The van der Waals surface area contributed by atoms with Gasteiger partial charge in [0.25, 0.3) is 0 Å². The van der Waals surface area contributed by atoms with E-state index in [0.717, 1.165) is 37.7 Å². The topological polar surface area (TPSA) is 193 Å². The number of carbonyl (C=O) groups is 7. The smallest absolute Gasteiger partial charge is 0.338 e. The van der Waals surface area contributed by atoms with Gasteiger partial charge >= 0.3 is 41.8 Å². The number of hydrogen-bond donors (Lipinski definition) is 0. The van der Waals surface area contributed by atoms with Gasteiger partial charge in [-0.1, -0.05) is 64.5 Å². The Morgan fingerprint density at radius 1 is 0.585 bits per heavy atom. The van der Waals surface area contributed by atoms with Gasteiger partial charge in [-0.3, -0.25) is 19.2 Å². The Labute approximate surface area is 381 Å². The van der Waals surface area contributed by atoms with E-state index in [9.17, 15) is 33.6 Å². The van der Waals surface area contributed by atoms with Gasteiger partial charge in [-0.25, -0.2) is 14.4 Å². The van der Waals surface area contributed by atoms with E-state index >= 15 is 0 Å². The van der Waals surface area contributed by atoms with Crippen molar-refractivity contribution in [1.29, 1.82) is 0 Å². The SMILES string of the molecule is C=C(C)C(=O)OCC(COC(=O)CC(=O)OCC)(COC(=O)CC(=O)OCC)COc1ccc(-c2cc(OC(=O)C(=C)C)c(C3CCC(CCCCC)CC3)cc2OC(=O)C(=C)C)cc1. The molecular formula is C50H64O15. The average Bonchev–Trinajstić information content (AvgIpc) is 3.26. The van der Waals surface area contributed by atoms with Crippen LogP contribution in [0.2, 0.25) is 0 Å². The molecule has 0 bridgehead atoms. The molecule has 3 rings (SSSR count). The summed E-state index contributed by atoms with van der Waals surface area (Å²) in [5.41, 5.74) is 0.576. The minimum Gasteiger partial charge on any atom is -0.493 e. The zero-order chi connectivity index (χ0) is 48.1. The molecule has 1 saturated carbocycles. The molecule has 0 amide bonds. The van der Waals surface area contributed by atoms with Gasteiger partial charge in [0, 0.05) is 27.8 Å². The highest BCUT2D eigenvalue weighted by Crippen LogP contribution is 2.46. The second-order valence-electron chi connectivity index (χ2n) is 16.4. The molecule has 0 radical (unpaired) electrons. The zero-order valence-corrected chi connectivity index (χ0v) is 38.7. The van der Waals surface area contributed by atoms with Gasteiger partial charge in [0.05, 0.1) is 13.2 Å². The van der Waals surface area contributed by atoms with Crippen molar-refractivity contribution in [1.82, 2.24) is 0 Å². The fourth-order valence-corrected chi connectivity index (χ4v) is 6.90. The second-order valence-corrected chi connectivity index (χ2v) is 16.4. The van der Waals surface area contributed by atoms with Crippen molar-refractivity contribution in [3.05, 3.63) is 78.4 Å². The molecule has 0 spiro atoms. The first-order valence-corrected chi connectivity index (χ1v) is 22.0. The van der Waals surface area contributed by atoms with Crippen LogP contribution >= 0.6 is 0 Å². The lowest BCUT2D eigenvalue weighted by molar-refractivity contribution is -0.166. The van der Waals surface area contributed by atoms with E-state index in [1.165, 1.54) is 26.2 Å². The van der Waals surface area contributed by atoms with Crippen LogP contribution in [0.5, 0.6) is 17.2 Å². The van der Waals surface area contributed by atoms with E-state index in [1.807, 2.05) is 0 Å². The Morgan fingerprint density at radius 2 is 1.08 bits per heavy atom. The molecule has 0 heterocycles. The van der Waals surface area contributed by atoms with Crippen LogP contribution in [0.15, 0.2) is 72.9 Å². The van der Waals surface area contributed by atoms with Crippen molar-refractivity contribution < 1.29 is 71.5 Å². The maximum Gasteiger partial charge on any atom is 0.338 e. The second kappa shape index (κ2) is 26.5. The number of benzene rings is 2. The van der Waals surface area contributed by atoms with Crippen LogP contribution in [0.1, 0.15) is 117 Å². The molecule has 0 unspecified atom stereocenters. The molecule has 0 saturated heterocycles. The lowest BCUT2D eigenvalue weighted by Gasteiger charge is -2.32. The van der Waals surface area contributed by atoms with Crippen molar-refractivity contribution in [2.24, 2.45) is 11.3 Å². The minimum absolute atomic E-state index is 0.0337. The molecule has 1 aliphatic carbocycles. The van der Waals surface area contributed by atoms with Gasteiger partial charge in [-0.2, -0.15) is 0 Å². The predicted molar refractivity (Wildman–Crippen MR) is 240 cm³/mol. The summed E-state index contributed by atoms with van der Waals surface area (Å²) in [6.45, 7) is 19.0. The largest absolute Gasteiger partial charge is 0.493 e. The van der Waals surface area contributed by atoms with E-state index in [4.69, 9.17) is 37.9 Å². The van der Waals surface area contributed by atoms with Gasteiger partial charge in [-0.15, -0.1) is 0 Å². The molecule has 2 aromatic carbocycles. The lowest BCUT2D eigenvalue weighted by atomic mass is 9.76. The third-order valence-electron chi connectivity index (χ3n) is 10.6. The van der Waals surface area contributed by atoms with E-state index in [2.05, 4.69) is 26.7 Å². The van der Waals surface area contributed by atoms with Gasteiger partial charge < -0.3 is 37.9 Å². The normalized spacial score (nSPS) is 14.5. The molecule has 15 nitrogen and oxygen atoms in total. The highest BCUT2D eigenvalue weighted by molar-refractivity contribution is 5.93. The van der Waals surface area contributed by atoms with Crippen LogP contribution in [-0.2, 0) is 57.2 Å². The van der Waals surface area contributed by atoms with Gasteiger partial charge in [0.15, 0.2) is 0 Å². The van der Waals surface area contributed by atoms with Crippen LogP contribution in [0.25, 0.3) is 11.1 Å². The number of esters is 7. The standard InChI is InChI=1S/C50H64O15/c1-10-13-14-15-35-16-18-36(19-17-35)39-24-42(65-49(57)34(8)9)40(25-41(39)64-48(56)33(6)7)37-20-22-38(23-21-37)60-28-50(31-63-47(55)32(4)5,29-61-45(53)26-43(51)58-11-2)30-62-46(54)27-44(52)59-12-3/h20-25,35-36H,4,6,8,10-19,26-31H2,1-3,5,7,9H3. The highest BCUT2D eigenvalue weighted by Gasteiger charge is 2.38. The summed E-state index contributed by atoms with van der Waals surface area (Å²) < 4.78 is 44.0. The Morgan fingerprint density at radius 3 is 1.57 bits per heavy atom. The van der Waals surface area contributed by atoms with Crippen LogP contribution in [0.4, 0.5) is 0 Å². The molecule has 0 aliphatic heterocycles. The first-order chi connectivity index (χ1) is 30.9. The van der Waals surface area contributed by atoms with Gasteiger partial charge in [0.1, 0.15) is 61.9 Å². The summed E-state index contributed by atoms with van der Waals surface area (Å²) >= 11 is 0. The molecular weight excluding hydrogens is 841 g/mol. The molecule has 15 heteroatoms. The molecule has 0 atom stereocenters. The summed E-state index contributed by atoms with van der Waals surface area (Å²) in [6.07, 6.45) is 7.08. The van der Waals surface area contributed by atoms with Gasteiger partial charge in [0.2, 0.25) is 0 Å². The van der Waals surface area contributed by atoms with Crippen LogP contribution in [-0.4, -0.2) is 81.4 Å². The maximum absolute atomic E-state index is 13.0. The zero-order valence-electron chi connectivity index (χ0n) is 38.7. The number of ether oxygens (including phenoxy) is 8. The quantitative estimate of drug-likeness (QED) is 0.0217. The third kappa shape index (κ3) is 17.7. The fourth-order valence-electron chi connectivity index (χ4n) is 6.90. The number of carbonyl (C=O) groups excluding carboxylic acids is 7. The number of unbranched alkanes of at least 4 members (excludes halogenated alkanes) is 2. The first kappa shape index (κ1) is 53.1. The monoisotopic (exact) mass is 904 g/mol. The van der Waals surface area contributed by atoms with E-state index < -0.39 is 86.5 Å². The molecule has 0 aromatic heterocycles. The minimum atomic E-state index is -1.59. The van der Waals surface area contributed by atoms with Crippen molar-refractivity contribution in [2.45, 2.75) is 112 Å². The maximum atomic E-state index is 13.0. The van der Waals surface area contributed by atoms with Crippen molar-refractivity contribution >= 4 is 41.8 Å². The van der Waals surface area contributed by atoms with Crippen molar-refractivity contribution in [3.63, 3.8) is 0 Å². The van der Waals surface area contributed by atoms with Crippen molar-refractivity contribution in [2.75, 3.05) is 39.6 Å². The Kier molecular flexibility index (Phi) is 21.7. The van der Waals surface area contributed by atoms with Crippen molar-refractivity contribution in [3.8, 4) is 28.4 Å². The predicted octanol–water partition coefficient (Wildman–Crippen LogP) is 8.65. The molecule has 65 heavy (non-hydrogen) atoms. The van der Waals surface area contributed by atoms with E-state index in [1.54, 1.807) is 64.1 Å². The van der Waals surface area contributed by atoms with Crippen LogP contribution in [0, 0.1) is 11.3 Å². The third-order valence-corrected chi connectivity index (χ3v) is 10.6. The molecule has 0 N–H and O–H groups in total. The summed E-state index contributed by atoms with van der Waals surface area (Å²) in [6, 6.07) is 9.98. The summed E-state index contributed by atoms with van der Waals surface area (Å²) in [4.78, 5) is 88.1. The fraction of sp³-hybridized carbons (Fsp3) is 0.500. The molecule has 2 aromatic rings. The molecule has 354 valence electrons. The molecule has 1 aliphatic rings. The highest BCUT2D eigenvalue weighted by atomic mass is 16.6. The van der Waals surface area contributed by atoms with E-state index in [0.29, 0.717) is 22.8 Å². The lowest BCUT2D eigenvalue weighted by Crippen LogP contribution is -2.44. The Bertz CT molecular complexity index is 2000. The van der Waals surface area contributed by atoms with E-state index in [-0.39, 0.29) is 47.4 Å². The Balaban J connectivity index is 2.03. The van der Waals surface area contributed by atoms with Gasteiger partial charge in [-0.05, 0) is 102 Å². The van der Waals surface area contributed by atoms with Crippen LogP contribution in [0.3, 0.4) is 0 Å². The first-order valence-electron chi connectivity index (χ1n) is 22.0. The summed E-state index contributed by atoms with van der Waals surface area (Å²) in [5, 5.41) is 0. The number of rotatable bonds is 26. The summed E-state index contributed by atoms with van der Waals surface area (Å²) in [5.74, 6) is -4.18. The summed E-state index contributed by atoms with van der Waals surface area (Å²) in [7, 11) is 0. The number of hydrogen-bond acceptors (Lipinski definition) is 15.